The lowest BCUT2D eigenvalue weighted by atomic mass is 10.2. The van der Waals surface area contributed by atoms with Crippen molar-refractivity contribution in [1.29, 1.82) is 5.26 Å². The molecule has 0 aliphatic rings. The van der Waals surface area contributed by atoms with Gasteiger partial charge in [-0.1, -0.05) is 15.9 Å². The third-order valence-corrected chi connectivity index (χ3v) is 3.11. The van der Waals surface area contributed by atoms with Crippen molar-refractivity contribution in [1.82, 2.24) is 0 Å². The van der Waals surface area contributed by atoms with Crippen molar-refractivity contribution in [3.63, 3.8) is 0 Å². The van der Waals surface area contributed by atoms with Crippen molar-refractivity contribution < 1.29 is 4.74 Å². The van der Waals surface area contributed by atoms with Crippen molar-refractivity contribution in [3.8, 4) is 11.8 Å². The Kier molecular flexibility index (Phi) is 3.93. The molecule has 2 aromatic carbocycles. The van der Waals surface area contributed by atoms with Gasteiger partial charge in [-0.2, -0.15) is 5.26 Å². The highest BCUT2D eigenvalue weighted by Crippen LogP contribution is 2.29. The van der Waals surface area contributed by atoms with E-state index in [9.17, 15) is 0 Å². The molecule has 0 spiro atoms. The molecule has 4 nitrogen and oxygen atoms in total. The van der Waals surface area contributed by atoms with Crippen LogP contribution in [0.15, 0.2) is 40.9 Å². The van der Waals surface area contributed by atoms with Crippen molar-refractivity contribution in [2.24, 2.45) is 0 Å². The maximum absolute atomic E-state index is 9.08. The Morgan fingerprint density at radius 3 is 2.74 bits per heavy atom. The summed E-state index contributed by atoms with van der Waals surface area (Å²) in [6.07, 6.45) is 0. The lowest BCUT2D eigenvalue weighted by Crippen LogP contribution is -1.97. The molecule has 0 aliphatic heterocycles. The van der Waals surface area contributed by atoms with Gasteiger partial charge in [0.1, 0.15) is 11.8 Å². The Hall–Kier alpha value is -2.19. The minimum Gasteiger partial charge on any atom is -0.495 e. The number of ether oxygens (including phenoxy) is 1. The molecule has 5 heteroatoms. The summed E-state index contributed by atoms with van der Waals surface area (Å²) < 4.78 is 6.06. The highest BCUT2D eigenvalue weighted by molar-refractivity contribution is 9.10. The van der Waals surface area contributed by atoms with E-state index >= 15 is 0 Å². The molecule has 0 saturated carbocycles. The van der Waals surface area contributed by atoms with E-state index in [1.54, 1.807) is 25.3 Å². The molecule has 0 bridgehead atoms. The van der Waals surface area contributed by atoms with Crippen molar-refractivity contribution in [2.75, 3.05) is 18.2 Å². The second-order valence-corrected chi connectivity index (χ2v) is 4.80. The van der Waals surface area contributed by atoms with Gasteiger partial charge in [-0.05, 0) is 30.3 Å². The quantitative estimate of drug-likeness (QED) is 0.847. The molecule has 2 aromatic rings. The molecule has 0 unspecified atom stereocenters. The van der Waals surface area contributed by atoms with E-state index in [-0.39, 0.29) is 0 Å². The smallest absolute Gasteiger partial charge is 0.143 e. The topological polar surface area (TPSA) is 71.1 Å². The number of hydrogen-bond donors (Lipinski definition) is 2. The van der Waals surface area contributed by atoms with Crippen molar-refractivity contribution in [3.05, 3.63) is 46.4 Å². The molecule has 0 atom stereocenters. The van der Waals surface area contributed by atoms with Gasteiger partial charge in [0.05, 0.1) is 24.0 Å². The van der Waals surface area contributed by atoms with Gasteiger partial charge in [-0.15, -0.1) is 0 Å². The molecule has 0 saturated heterocycles. The lowest BCUT2D eigenvalue weighted by molar-refractivity contribution is 0.417. The summed E-state index contributed by atoms with van der Waals surface area (Å²) in [5.41, 5.74) is 8.43. The first-order valence-electron chi connectivity index (χ1n) is 5.54. The summed E-state index contributed by atoms with van der Waals surface area (Å²) in [5, 5.41) is 12.3. The van der Waals surface area contributed by atoms with Crippen LogP contribution in [0.4, 0.5) is 17.1 Å². The monoisotopic (exact) mass is 317 g/mol. The van der Waals surface area contributed by atoms with E-state index in [1.165, 1.54) is 0 Å². The third-order valence-electron chi connectivity index (χ3n) is 2.61. The predicted octanol–water partition coefficient (Wildman–Crippen LogP) is 3.66. The lowest BCUT2D eigenvalue weighted by Gasteiger charge is -2.11. The van der Waals surface area contributed by atoms with Crippen LogP contribution in [0.3, 0.4) is 0 Å². The third kappa shape index (κ3) is 2.98. The fourth-order valence-corrected chi connectivity index (χ4v) is 2.02. The number of nitrogens with zero attached hydrogens (tertiary/aromatic N) is 1. The zero-order valence-electron chi connectivity index (χ0n) is 10.3. The minimum atomic E-state index is 0.569. The van der Waals surface area contributed by atoms with Gasteiger partial charge < -0.3 is 15.8 Å². The number of nitrogens with one attached hydrogen (secondary N) is 1. The number of nitrogen functional groups attached to an aromatic ring is 1. The van der Waals surface area contributed by atoms with E-state index in [4.69, 9.17) is 15.7 Å². The fourth-order valence-electron chi connectivity index (χ4n) is 1.66. The van der Waals surface area contributed by atoms with Crippen LogP contribution in [0.25, 0.3) is 0 Å². The first-order valence-corrected chi connectivity index (χ1v) is 6.33. The second kappa shape index (κ2) is 5.63. The zero-order valence-corrected chi connectivity index (χ0v) is 11.9. The number of rotatable bonds is 3. The molecular weight excluding hydrogens is 306 g/mol. The van der Waals surface area contributed by atoms with Crippen molar-refractivity contribution >= 4 is 33.0 Å². The number of nitriles is 1. The molecule has 96 valence electrons. The second-order valence-electron chi connectivity index (χ2n) is 3.88. The maximum atomic E-state index is 9.08. The van der Waals surface area contributed by atoms with Crippen LogP contribution in [0.5, 0.6) is 5.75 Å². The Morgan fingerprint density at radius 2 is 2.05 bits per heavy atom. The summed E-state index contributed by atoms with van der Waals surface area (Å²) in [5.74, 6) is 0.596. The molecule has 2 rings (SSSR count). The van der Waals surface area contributed by atoms with Crippen molar-refractivity contribution in [2.45, 2.75) is 0 Å². The highest BCUT2D eigenvalue weighted by atomic mass is 79.9. The Balaban J connectivity index is 2.36. The van der Waals surface area contributed by atoms with Crippen LogP contribution < -0.4 is 15.8 Å². The summed E-state index contributed by atoms with van der Waals surface area (Å²) in [7, 11) is 1.56. The summed E-state index contributed by atoms with van der Waals surface area (Å²) in [4.78, 5) is 0. The summed E-state index contributed by atoms with van der Waals surface area (Å²) in [6, 6.07) is 12.9. The molecule has 0 radical (unpaired) electrons. The molecule has 0 aromatic heterocycles. The molecule has 19 heavy (non-hydrogen) atoms. The molecule has 3 N–H and O–H groups in total. The zero-order chi connectivity index (χ0) is 13.8. The number of hydrogen-bond acceptors (Lipinski definition) is 4. The maximum Gasteiger partial charge on any atom is 0.143 e. The number of halogens is 1. The van der Waals surface area contributed by atoms with E-state index < -0.39 is 0 Å². The average molecular weight is 318 g/mol. The molecular formula is C14H12BrN3O. The van der Waals surface area contributed by atoms with Gasteiger partial charge in [0.2, 0.25) is 0 Å². The SMILES string of the molecule is COc1cc(Nc2cc(Br)ccc2C#N)ccc1N. The number of nitrogens with two attached hydrogens (primary N) is 1. The first kappa shape index (κ1) is 13.2. The predicted molar refractivity (Wildman–Crippen MR) is 79.5 cm³/mol. The molecule has 0 aliphatic carbocycles. The Morgan fingerprint density at radius 1 is 1.26 bits per heavy atom. The van der Waals surface area contributed by atoms with E-state index in [0.29, 0.717) is 17.0 Å². The van der Waals surface area contributed by atoms with Crippen LogP contribution in [0.1, 0.15) is 5.56 Å². The number of benzene rings is 2. The molecule has 0 amide bonds. The normalized spacial score (nSPS) is 9.74. The summed E-state index contributed by atoms with van der Waals surface area (Å²) in [6.45, 7) is 0. The fraction of sp³-hybridized carbons (Fsp3) is 0.0714. The molecule has 0 fully saturated rings. The van der Waals surface area contributed by atoms with E-state index in [1.807, 2.05) is 18.2 Å². The number of anilines is 3. The van der Waals surface area contributed by atoms with Crippen LogP contribution in [-0.2, 0) is 0 Å². The van der Waals surface area contributed by atoms with Gasteiger partial charge >= 0.3 is 0 Å². The Bertz CT molecular complexity index is 650. The average Bonchev–Trinajstić information content (AvgIpc) is 2.41. The van der Waals surface area contributed by atoms with Gasteiger partial charge in [-0.3, -0.25) is 0 Å². The van der Waals surface area contributed by atoms with E-state index in [2.05, 4.69) is 27.3 Å². The highest BCUT2D eigenvalue weighted by Gasteiger charge is 2.05. The minimum absolute atomic E-state index is 0.569. The van der Waals surface area contributed by atoms with E-state index in [0.717, 1.165) is 15.8 Å². The van der Waals surface area contributed by atoms with Crippen LogP contribution in [0, 0.1) is 11.3 Å². The molecule has 0 heterocycles. The number of methoxy groups -OCH3 is 1. The largest absolute Gasteiger partial charge is 0.495 e. The standard InChI is InChI=1S/C14H12BrN3O/c1-19-14-7-11(4-5-12(14)17)18-13-6-10(15)3-2-9(13)8-16/h2-7,18H,17H2,1H3. The summed E-state index contributed by atoms with van der Waals surface area (Å²) >= 11 is 3.38. The Labute approximate surface area is 119 Å². The van der Waals surface area contributed by atoms with Crippen LogP contribution in [-0.4, -0.2) is 7.11 Å². The van der Waals surface area contributed by atoms with Gasteiger partial charge in [0.15, 0.2) is 0 Å². The van der Waals surface area contributed by atoms with Gasteiger partial charge in [0.25, 0.3) is 0 Å². The van der Waals surface area contributed by atoms with Crippen LogP contribution in [0.2, 0.25) is 0 Å². The van der Waals surface area contributed by atoms with Gasteiger partial charge in [0, 0.05) is 16.2 Å². The van der Waals surface area contributed by atoms with Crippen LogP contribution >= 0.6 is 15.9 Å². The first-order chi connectivity index (χ1) is 9.13. The van der Waals surface area contributed by atoms with Gasteiger partial charge in [-0.25, -0.2) is 0 Å².